The molecule has 3 heteroatoms. The van der Waals surface area contributed by atoms with Gasteiger partial charge in [0, 0.05) is 16.1 Å². The van der Waals surface area contributed by atoms with Gasteiger partial charge in [0.15, 0.2) is 0 Å². The molecule has 1 aromatic rings. The van der Waals surface area contributed by atoms with Crippen molar-refractivity contribution in [3.05, 3.63) is 28.8 Å². The fraction of sp³-hybridized carbons (Fsp3) is 0.455. The predicted octanol–water partition coefficient (Wildman–Crippen LogP) is 2.69. The summed E-state index contributed by atoms with van der Waals surface area (Å²) < 4.78 is 5.28. The summed E-state index contributed by atoms with van der Waals surface area (Å²) in [5.74, 6) is 0.805. The molecule has 1 aliphatic rings. The highest BCUT2D eigenvalue weighted by Crippen LogP contribution is 2.45. The van der Waals surface area contributed by atoms with Gasteiger partial charge in [0.2, 0.25) is 0 Å². The second-order valence-electron chi connectivity index (χ2n) is 3.83. The summed E-state index contributed by atoms with van der Waals surface area (Å²) in [5, 5.41) is 0.714. The van der Waals surface area contributed by atoms with Gasteiger partial charge in [0.1, 0.15) is 5.75 Å². The monoisotopic (exact) mass is 211 g/mol. The van der Waals surface area contributed by atoms with E-state index in [0.717, 1.165) is 24.2 Å². The largest absolute Gasteiger partial charge is 0.496 e. The summed E-state index contributed by atoms with van der Waals surface area (Å²) in [6.45, 7) is 0. The minimum Gasteiger partial charge on any atom is -0.496 e. The predicted molar refractivity (Wildman–Crippen MR) is 57.7 cm³/mol. The summed E-state index contributed by atoms with van der Waals surface area (Å²) in [6, 6.07) is 5.66. The molecular formula is C11H14ClNO. The average Bonchev–Trinajstić information content (AvgIpc) is 2.14. The van der Waals surface area contributed by atoms with Crippen LogP contribution in [0, 0.1) is 0 Å². The molecule has 0 saturated heterocycles. The van der Waals surface area contributed by atoms with Gasteiger partial charge in [-0.05, 0) is 31.4 Å². The molecule has 0 bridgehead atoms. The number of hydrogen-bond acceptors (Lipinski definition) is 2. The van der Waals surface area contributed by atoms with Crippen LogP contribution in [0.4, 0.5) is 0 Å². The van der Waals surface area contributed by atoms with Gasteiger partial charge >= 0.3 is 0 Å². The van der Waals surface area contributed by atoms with E-state index in [1.54, 1.807) is 7.11 Å². The van der Waals surface area contributed by atoms with Crippen LogP contribution < -0.4 is 10.5 Å². The normalized spacial score (nSPS) is 18.8. The lowest BCUT2D eigenvalue weighted by Crippen LogP contribution is -2.43. The first kappa shape index (κ1) is 9.81. The maximum atomic E-state index is 6.24. The lowest BCUT2D eigenvalue weighted by molar-refractivity contribution is 0.244. The molecule has 0 spiro atoms. The fourth-order valence-corrected chi connectivity index (χ4v) is 2.32. The SMILES string of the molecule is COc1cccc(Cl)c1C1(N)CCC1. The van der Waals surface area contributed by atoms with Crippen LogP contribution in [-0.2, 0) is 5.54 Å². The van der Waals surface area contributed by atoms with E-state index >= 15 is 0 Å². The number of benzene rings is 1. The molecule has 2 nitrogen and oxygen atoms in total. The first-order chi connectivity index (χ1) is 6.67. The Bertz CT molecular complexity index is 347. The van der Waals surface area contributed by atoms with Crippen molar-refractivity contribution in [2.75, 3.05) is 7.11 Å². The maximum absolute atomic E-state index is 6.24. The summed E-state index contributed by atoms with van der Waals surface area (Å²) in [5.41, 5.74) is 6.94. The first-order valence-corrected chi connectivity index (χ1v) is 5.17. The van der Waals surface area contributed by atoms with Crippen LogP contribution in [0.2, 0.25) is 5.02 Å². The Morgan fingerprint density at radius 2 is 2.14 bits per heavy atom. The molecule has 2 rings (SSSR count). The van der Waals surface area contributed by atoms with E-state index in [0.29, 0.717) is 5.02 Å². The van der Waals surface area contributed by atoms with Gasteiger partial charge in [-0.15, -0.1) is 0 Å². The molecule has 0 amide bonds. The lowest BCUT2D eigenvalue weighted by atomic mass is 9.72. The van der Waals surface area contributed by atoms with Gasteiger partial charge < -0.3 is 10.5 Å². The molecule has 0 unspecified atom stereocenters. The summed E-state index contributed by atoms with van der Waals surface area (Å²) in [4.78, 5) is 0. The van der Waals surface area contributed by atoms with Crippen LogP contribution >= 0.6 is 11.6 Å². The molecule has 1 fully saturated rings. The smallest absolute Gasteiger partial charge is 0.125 e. The molecule has 14 heavy (non-hydrogen) atoms. The second kappa shape index (κ2) is 3.44. The van der Waals surface area contributed by atoms with Crippen LogP contribution in [0.5, 0.6) is 5.75 Å². The minimum absolute atomic E-state index is 0.260. The van der Waals surface area contributed by atoms with Crippen LogP contribution in [0.15, 0.2) is 18.2 Å². The molecule has 0 aromatic heterocycles. The number of methoxy groups -OCH3 is 1. The molecular weight excluding hydrogens is 198 g/mol. The third-order valence-electron chi connectivity index (χ3n) is 2.94. The van der Waals surface area contributed by atoms with Crippen molar-refractivity contribution in [2.24, 2.45) is 5.73 Å². The van der Waals surface area contributed by atoms with E-state index in [1.807, 2.05) is 18.2 Å². The zero-order valence-corrected chi connectivity index (χ0v) is 8.97. The van der Waals surface area contributed by atoms with E-state index in [4.69, 9.17) is 22.1 Å². The maximum Gasteiger partial charge on any atom is 0.125 e. The topological polar surface area (TPSA) is 35.2 Å². The Morgan fingerprint density at radius 3 is 2.64 bits per heavy atom. The summed E-state index contributed by atoms with van der Waals surface area (Å²) >= 11 is 6.15. The Morgan fingerprint density at radius 1 is 1.43 bits per heavy atom. The Balaban J connectivity index is 2.49. The number of ether oxygens (including phenoxy) is 1. The van der Waals surface area contributed by atoms with E-state index in [1.165, 1.54) is 6.42 Å². The third kappa shape index (κ3) is 1.39. The van der Waals surface area contributed by atoms with Gasteiger partial charge in [-0.25, -0.2) is 0 Å². The summed E-state index contributed by atoms with van der Waals surface area (Å²) in [7, 11) is 1.65. The number of halogens is 1. The van der Waals surface area contributed by atoms with Crippen molar-refractivity contribution < 1.29 is 4.74 Å². The highest BCUT2D eigenvalue weighted by Gasteiger charge is 2.38. The zero-order valence-electron chi connectivity index (χ0n) is 8.22. The Labute approximate surface area is 89.0 Å². The number of rotatable bonds is 2. The van der Waals surface area contributed by atoms with Crippen molar-refractivity contribution in [2.45, 2.75) is 24.8 Å². The van der Waals surface area contributed by atoms with Crippen LogP contribution in [0.1, 0.15) is 24.8 Å². The van der Waals surface area contributed by atoms with Gasteiger partial charge in [-0.2, -0.15) is 0 Å². The van der Waals surface area contributed by atoms with Crippen molar-refractivity contribution in [3.63, 3.8) is 0 Å². The fourth-order valence-electron chi connectivity index (χ4n) is 1.97. The van der Waals surface area contributed by atoms with Crippen LogP contribution in [0.3, 0.4) is 0 Å². The van der Waals surface area contributed by atoms with Gasteiger partial charge in [-0.3, -0.25) is 0 Å². The molecule has 1 aromatic carbocycles. The third-order valence-corrected chi connectivity index (χ3v) is 3.25. The summed E-state index contributed by atoms with van der Waals surface area (Å²) in [6.07, 6.45) is 3.16. The van der Waals surface area contributed by atoms with E-state index in [2.05, 4.69) is 0 Å². The van der Waals surface area contributed by atoms with Crippen LogP contribution in [-0.4, -0.2) is 7.11 Å². The highest BCUT2D eigenvalue weighted by atomic mass is 35.5. The highest BCUT2D eigenvalue weighted by molar-refractivity contribution is 6.31. The molecule has 2 N–H and O–H groups in total. The van der Waals surface area contributed by atoms with Crippen molar-refractivity contribution in [3.8, 4) is 5.75 Å². The number of nitrogens with two attached hydrogens (primary N) is 1. The van der Waals surface area contributed by atoms with Crippen molar-refractivity contribution in [1.29, 1.82) is 0 Å². The second-order valence-corrected chi connectivity index (χ2v) is 4.23. The number of hydrogen-bond donors (Lipinski definition) is 1. The van der Waals surface area contributed by atoms with Gasteiger partial charge in [0.25, 0.3) is 0 Å². The van der Waals surface area contributed by atoms with Crippen molar-refractivity contribution >= 4 is 11.6 Å². The van der Waals surface area contributed by atoms with Crippen LogP contribution in [0.25, 0.3) is 0 Å². The standard InChI is InChI=1S/C11H14ClNO/c1-14-9-5-2-4-8(12)10(9)11(13)6-3-7-11/h2,4-5H,3,6-7,13H2,1H3. The van der Waals surface area contributed by atoms with E-state index in [-0.39, 0.29) is 5.54 Å². The molecule has 0 aliphatic heterocycles. The zero-order chi connectivity index (χ0) is 10.2. The lowest BCUT2D eigenvalue weighted by Gasteiger charge is -2.39. The quantitative estimate of drug-likeness (QED) is 0.817. The first-order valence-electron chi connectivity index (χ1n) is 4.79. The van der Waals surface area contributed by atoms with Gasteiger partial charge in [0.05, 0.1) is 7.11 Å². The molecule has 0 atom stereocenters. The molecule has 0 radical (unpaired) electrons. The molecule has 0 heterocycles. The minimum atomic E-state index is -0.260. The van der Waals surface area contributed by atoms with Crippen molar-refractivity contribution in [1.82, 2.24) is 0 Å². The average molecular weight is 212 g/mol. The van der Waals surface area contributed by atoms with E-state index in [9.17, 15) is 0 Å². The van der Waals surface area contributed by atoms with E-state index < -0.39 is 0 Å². The molecule has 1 saturated carbocycles. The molecule has 1 aliphatic carbocycles. The Kier molecular flexibility index (Phi) is 2.41. The van der Waals surface area contributed by atoms with Gasteiger partial charge in [-0.1, -0.05) is 17.7 Å². The molecule has 76 valence electrons. The Hall–Kier alpha value is -0.730.